The number of thioether (sulfide) groups is 1. The van der Waals surface area contributed by atoms with Crippen molar-refractivity contribution in [2.75, 3.05) is 47.6 Å². The second kappa shape index (κ2) is 10.1. The molecular weight excluding hydrogens is 357 g/mol. The van der Waals surface area contributed by atoms with Crippen LogP contribution in [0.1, 0.15) is 0 Å². The molecule has 0 amide bonds. The van der Waals surface area contributed by atoms with Crippen LogP contribution in [-0.2, 0) is 0 Å². The maximum atomic E-state index is 5.66. The Morgan fingerprint density at radius 3 is 1.81 bits per heavy atom. The summed E-state index contributed by atoms with van der Waals surface area (Å²) in [7, 11) is 7.07. The molecule has 0 aliphatic carbocycles. The molecule has 96 valence electrons. The molecule has 8 heteroatoms. The monoisotopic (exact) mass is 378 g/mol. The van der Waals surface area contributed by atoms with E-state index in [1.54, 1.807) is 0 Å². The van der Waals surface area contributed by atoms with Gasteiger partial charge in [-0.05, 0) is 0 Å². The molecule has 1 saturated heterocycles. The van der Waals surface area contributed by atoms with Gasteiger partial charge in [0.2, 0.25) is 0 Å². The Morgan fingerprint density at radius 2 is 1.38 bits per heavy atom. The summed E-state index contributed by atoms with van der Waals surface area (Å²) in [6.07, 6.45) is 0. The molecule has 16 heavy (non-hydrogen) atoms. The van der Waals surface area contributed by atoms with Crippen molar-refractivity contribution in [3.05, 3.63) is 0 Å². The van der Waals surface area contributed by atoms with Crippen LogP contribution in [-0.4, -0.2) is 56.3 Å². The van der Waals surface area contributed by atoms with E-state index >= 15 is 0 Å². The van der Waals surface area contributed by atoms with E-state index in [2.05, 4.69) is 52.1 Å². The summed E-state index contributed by atoms with van der Waals surface area (Å²) < 4.78 is 0. The van der Waals surface area contributed by atoms with Crippen molar-refractivity contribution in [3.8, 4) is 0 Å². The molecule has 0 atom stereocenters. The van der Waals surface area contributed by atoms with Gasteiger partial charge in [0.15, 0.2) is 0 Å². The third-order valence-electron chi connectivity index (χ3n) is 1.81. The Balaban J connectivity index is 2.49. The van der Waals surface area contributed by atoms with Gasteiger partial charge >= 0.3 is 120 Å². The van der Waals surface area contributed by atoms with Crippen LogP contribution in [0.15, 0.2) is 0 Å². The summed E-state index contributed by atoms with van der Waals surface area (Å²) in [5.74, 6) is 7.56. The van der Waals surface area contributed by atoms with E-state index in [0.717, 1.165) is 24.6 Å². The Labute approximate surface area is 119 Å². The van der Waals surface area contributed by atoms with Crippen LogP contribution in [0.4, 0.5) is 0 Å². The quantitative estimate of drug-likeness (QED) is 0.687. The topological polar surface area (TPSA) is 52.0 Å². The molecule has 1 rings (SSSR count). The zero-order valence-corrected chi connectivity index (χ0v) is 15.5. The molecular formula is C8H20GeN2S5. The van der Waals surface area contributed by atoms with Crippen LogP contribution < -0.4 is 11.5 Å². The first-order valence-corrected chi connectivity index (χ1v) is 20.7. The van der Waals surface area contributed by atoms with Crippen molar-refractivity contribution in [2.45, 2.75) is 0 Å². The standard InChI is InChI=1S/C8H20GeN2S5/c10-1-3-13-9(14-4-2-11)15-7-5-12-6-8-16-9/h1-8,10-11H2. The average Bonchev–Trinajstić information content (AvgIpc) is 2.27. The molecule has 0 aromatic heterocycles. The number of hydrogen-bond acceptors (Lipinski definition) is 7. The van der Waals surface area contributed by atoms with Gasteiger partial charge in [-0.15, -0.1) is 0 Å². The average molecular weight is 377 g/mol. The van der Waals surface area contributed by atoms with Crippen LogP contribution in [0, 0.1) is 0 Å². The molecule has 0 aromatic carbocycles. The first-order chi connectivity index (χ1) is 7.83. The third-order valence-corrected chi connectivity index (χ3v) is 42.5. The normalized spacial score (nSPS) is 21.4. The predicted octanol–water partition coefficient (Wildman–Crippen LogP) is 2.02. The molecule has 0 aromatic rings. The summed E-state index contributed by atoms with van der Waals surface area (Å²) in [5, 5.41) is 0. The summed E-state index contributed by atoms with van der Waals surface area (Å²) in [5.41, 5.74) is 11.3. The van der Waals surface area contributed by atoms with Gasteiger partial charge in [0.1, 0.15) is 0 Å². The van der Waals surface area contributed by atoms with E-state index in [9.17, 15) is 0 Å². The molecule has 4 N–H and O–H groups in total. The van der Waals surface area contributed by atoms with Crippen molar-refractivity contribution in [2.24, 2.45) is 11.5 Å². The van der Waals surface area contributed by atoms with Gasteiger partial charge in [-0.25, -0.2) is 0 Å². The molecule has 1 heterocycles. The molecule has 0 unspecified atom stereocenters. The molecule has 0 bridgehead atoms. The summed E-state index contributed by atoms with van der Waals surface area (Å²) in [4.78, 5) is 0. The predicted molar refractivity (Wildman–Crippen MR) is 91.0 cm³/mol. The van der Waals surface area contributed by atoms with Crippen LogP contribution in [0.3, 0.4) is 0 Å². The molecule has 2 nitrogen and oxygen atoms in total. The van der Waals surface area contributed by atoms with Crippen molar-refractivity contribution in [1.29, 1.82) is 0 Å². The molecule has 0 radical (unpaired) electrons. The fourth-order valence-electron chi connectivity index (χ4n) is 1.17. The van der Waals surface area contributed by atoms with Crippen molar-refractivity contribution in [3.63, 3.8) is 0 Å². The van der Waals surface area contributed by atoms with E-state index in [4.69, 9.17) is 11.5 Å². The number of hydrogen-bond donors (Lipinski definition) is 2. The second-order valence-corrected chi connectivity index (χ2v) is 37.2. The van der Waals surface area contributed by atoms with Crippen LogP contribution >= 0.6 is 52.1 Å². The van der Waals surface area contributed by atoms with Crippen molar-refractivity contribution in [1.82, 2.24) is 0 Å². The van der Waals surface area contributed by atoms with Gasteiger partial charge in [0.05, 0.1) is 0 Å². The van der Waals surface area contributed by atoms with E-state index in [1.807, 2.05) is 0 Å². The first kappa shape index (κ1) is 16.3. The minimum absolute atomic E-state index is 0.816. The molecule has 0 spiro atoms. The van der Waals surface area contributed by atoms with Crippen LogP contribution in [0.2, 0.25) is 0 Å². The Kier molecular flexibility index (Phi) is 10.2. The SMILES string of the molecule is NCC[S][Ge]1([S]CCN)[S]CCSCC[S]1. The maximum absolute atomic E-state index is 5.66. The zero-order valence-electron chi connectivity index (χ0n) is 9.35. The number of nitrogens with two attached hydrogens (primary N) is 2. The molecule has 1 aliphatic heterocycles. The Bertz CT molecular complexity index is 160. The third kappa shape index (κ3) is 6.40. The number of rotatable bonds is 6. The summed E-state index contributed by atoms with van der Waals surface area (Å²) in [6, 6.07) is 0. The fourth-order valence-corrected chi connectivity index (χ4v) is 42.2. The van der Waals surface area contributed by atoms with Gasteiger partial charge in [-0.2, -0.15) is 0 Å². The Hall–Kier alpha value is 2.21. The zero-order chi connectivity index (χ0) is 11.7. The molecule has 1 aliphatic rings. The summed E-state index contributed by atoms with van der Waals surface area (Å²) >= 11 is 2.10. The molecule has 1 fully saturated rings. The van der Waals surface area contributed by atoms with Gasteiger partial charge in [0, 0.05) is 0 Å². The van der Waals surface area contributed by atoms with Crippen molar-refractivity contribution < 1.29 is 0 Å². The van der Waals surface area contributed by atoms with E-state index < -0.39 is 8.70 Å². The second-order valence-electron chi connectivity index (χ2n) is 3.08. The van der Waals surface area contributed by atoms with Gasteiger partial charge in [-0.1, -0.05) is 0 Å². The van der Waals surface area contributed by atoms with E-state index in [-0.39, 0.29) is 0 Å². The minimum atomic E-state index is -1.86. The molecule has 0 saturated carbocycles. The van der Waals surface area contributed by atoms with E-state index in [1.165, 1.54) is 23.0 Å². The van der Waals surface area contributed by atoms with Crippen molar-refractivity contribution >= 4 is 60.8 Å². The van der Waals surface area contributed by atoms with Gasteiger partial charge in [-0.3, -0.25) is 0 Å². The van der Waals surface area contributed by atoms with E-state index in [0.29, 0.717) is 0 Å². The first-order valence-electron chi connectivity index (χ1n) is 5.37. The summed E-state index contributed by atoms with van der Waals surface area (Å²) in [6.45, 7) is 1.63. The fraction of sp³-hybridized carbons (Fsp3) is 1.00. The van der Waals surface area contributed by atoms with Gasteiger partial charge < -0.3 is 0 Å². The van der Waals surface area contributed by atoms with Gasteiger partial charge in [0.25, 0.3) is 0 Å². The van der Waals surface area contributed by atoms with Crippen LogP contribution in [0.5, 0.6) is 0 Å². The van der Waals surface area contributed by atoms with Crippen LogP contribution in [0.25, 0.3) is 0 Å². The Morgan fingerprint density at radius 1 is 0.875 bits per heavy atom.